The highest BCUT2D eigenvalue weighted by Crippen LogP contribution is 2.23. The molecule has 0 aliphatic carbocycles. The number of aromatic nitrogens is 3. The van der Waals surface area contributed by atoms with Crippen LogP contribution >= 0.6 is 11.6 Å². The van der Waals surface area contributed by atoms with Crippen LogP contribution < -0.4 is 10.6 Å². The maximum absolute atomic E-state index is 12.3. The van der Waals surface area contributed by atoms with E-state index in [1.54, 1.807) is 24.4 Å². The van der Waals surface area contributed by atoms with E-state index in [1.165, 1.54) is 12.4 Å². The van der Waals surface area contributed by atoms with Gasteiger partial charge < -0.3 is 10.6 Å². The van der Waals surface area contributed by atoms with E-state index >= 15 is 0 Å². The van der Waals surface area contributed by atoms with E-state index in [0.717, 1.165) is 11.3 Å². The first-order chi connectivity index (χ1) is 12.1. The van der Waals surface area contributed by atoms with Gasteiger partial charge in [-0.2, -0.15) is 0 Å². The van der Waals surface area contributed by atoms with Gasteiger partial charge in [-0.3, -0.25) is 9.78 Å². The highest BCUT2D eigenvalue weighted by molar-refractivity contribution is 6.31. The van der Waals surface area contributed by atoms with Crippen LogP contribution in [-0.2, 0) is 6.54 Å². The fourth-order valence-electron chi connectivity index (χ4n) is 2.15. The number of carbonyl (C=O) groups is 1. The summed E-state index contributed by atoms with van der Waals surface area (Å²) < 4.78 is 0. The van der Waals surface area contributed by atoms with Gasteiger partial charge in [-0.15, -0.1) is 0 Å². The van der Waals surface area contributed by atoms with Gasteiger partial charge in [0, 0.05) is 16.9 Å². The summed E-state index contributed by atoms with van der Waals surface area (Å²) in [6.45, 7) is 2.37. The molecule has 6 nitrogen and oxygen atoms in total. The van der Waals surface area contributed by atoms with Gasteiger partial charge in [0.1, 0.15) is 11.5 Å². The summed E-state index contributed by atoms with van der Waals surface area (Å²) in [5.74, 6) is 0.232. The molecule has 0 saturated carbocycles. The Labute approximate surface area is 150 Å². The Hall–Kier alpha value is -2.99. The molecule has 7 heteroatoms. The van der Waals surface area contributed by atoms with E-state index in [-0.39, 0.29) is 11.6 Å². The van der Waals surface area contributed by atoms with E-state index in [4.69, 9.17) is 11.6 Å². The summed E-state index contributed by atoms with van der Waals surface area (Å²) in [6.07, 6.45) is 4.67. The molecule has 0 unspecified atom stereocenters. The number of pyridine rings is 1. The Morgan fingerprint density at radius 1 is 1.08 bits per heavy atom. The maximum atomic E-state index is 12.3. The van der Waals surface area contributed by atoms with Crippen LogP contribution in [0.3, 0.4) is 0 Å². The molecule has 0 fully saturated rings. The zero-order valence-electron chi connectivity index (χ0n) is 13.5. The average molecular weight is 354 g/mol. The summed E-state index contributed by atoms with van der Waals surface area (Å²) >= 11 is 6.06. The number of halogens is 1. The van der Waals surface area contributed by atoms with Crippen LogP contribution in [0.2, 0.25) is 5.02 Å². The van der Waals surface area contributed by atoms with Crippen LogP contribution in [0.15, 0.2) is 55.0 Å². The van der Waals surface area contributed by atoms with E-state index in [0.29, 0.717) is 23.1 Å². The van der Waals surface area contributed by atoms with Gasteiger partial charge in [0.2, 0.25) is 0 Å². The van der Waals surface area contributed by atoms with E-state index < -0.39 is 0 Å². The number of carbonyl (C=O) groups excluding carboxylic acids is 1. The van der Waals surface area contributed by atoms with Crippen molar-refractivity contribution in [3.05, 3.63) is 77.0 Å². The molecule has 1 amide bonds. The van der Waals surface area contributed by atoms with Crippen molar-refractivity contribution in [3.8, 4) is 0 Å². The quantitative estimate of drug-likeness (QED) is 0.731. The third kappa shape index (κ3) is 4.30. The van der Waals surface area contributed by atoms with Crippen molar-refractivity contribution in [1.82, 2.24) is 15.0 Å². The Morgan fingerprint density at radius 2 is 1.96 bits per heavy atom. The molecular weight excluding hydrogens is 338 g/mol. The van der Waals surface area contributed by atoms with Gasteiger partial charge >= 0.3 is 0 Å². The first kappa shape index (κ1) is 16.9. The predicted octanol–water partition coefficient (Wildman–Crippen LogP) is 3.70. The molecular formula is C18H16ClN5O. The lowest BCUT2D eigenvalue weighted by molar-refractivity contribution is 0.102. The molecule has 0 saturated heterocycles. The number of amides is 1. The minimum Gasteiger partial charge on any atom is -0.363 e. The van der Waals surface area contributed by atoms with E-state index in [9.17, 15) is 4.79 Å². The molecule has 0 aliphatic rings. The van der Waals surface area contributed by atoms with E-state index in [2.05, 4.69) is 25.6 Å². The van der Waals surface area contributed by atoms with Crippen LogP contribution in [0.4, 0.5) is 11.5 Å². The lowest BCUT2D eigenvalue weighted by atomic mass is 10.2. The second-order valence-corrected chi connectivity index (χ2v) is 5.74. The zero-order chi connectivity index (χ0) is 17.6. The second kappa shape index (κ2) is 7.72. The standard InChI is InChI=1S/C18H16ClN5O/c1-12-14(19)6-4-7-15(12)24-18(25)16-10-23-17(11-21-16)22-9-13-5-2-3-8-20-13/h2-8,10-11H,9H2,1H3,(H,22,23)(H,24,25). The third-order valence-electron chi connectivity index (χ3n) is 3.58. The van der Waals surface area contributed by atoms with Crippen molar-refractivity contribution >= 4 is 29.0 Å². The zero-order valence-corrected chi connectivity index (χ0v) is 14.3. The second-order valence-electron chi connectivity index (χ2n) is 5.33. The molecule has 126 valence electrons. The molecule has 0 aliphatic heterocycles. The highest BCUT2D eigenvalue weighted by Gasteiger charge is 2.11. The van der Waals surface area contributed by atoms with Gasteiger partial charge in [0.25, 0.3) is 5.91 Å². The summed E-state index contributed by atoms with van der Waals surface area (Å²) in [5, 5.41) is 6.49. The molecule has 3 aromatic rings. The van der Waals surface area contributed by atoms with Crippen LogP contribution in [-0.4, -0.2) is 20.9 Å². The largest absolute Gasteiger partial charge is 0.363 e. The van der Waals surface area contributed by atoms with Crippen LogP contribution in [0.25, 0.3) is 0 Å². The van der Waals surface area contributed by atoms with Gasteiger partial charge in [-0.1, -0.05) is 23.7 Å². The molecule has 2 N–H and O–H groups in total. The predicted molar refractivity (Wildman–Crippen MR) is 97.7 cm³/mol. The number of nitrogens with one attached hydrogen (secondary N) is 2. The molecule has 1 aromatic carbocycles. The van der Waals surface area contributed by atoms with Gasteiger partial charge in [0.05, 0.1) is 24.6 Å². The highest BCUT2D eigenvalue weighted by atomic mass is 35.5. The summed E-state index contributed by atoms with van der Waals surface area (Å²) in [7, 11) is 0. The van der Waals surface area contributed by atoms with Gasteiger partial charge in [0.15, 0.2) is 0 Å². The molecule has 0 bridgehead atoms. The topological polar surface area (TPSA) is 79.8 Å². The third-order valence-corrected chi connectivity index (χ3v) is 3.99. The van der Waals surface area contributed by atoms with Gasteiger partial charge in [-0.25, -0.2) is 9.97 Å². The summed E-state index contributed by atoms with van der Waals surface area (Å²) in [5.41, 5.74) is 2.57. The van der Waals surface area contributed by atoms with E-state index in [1.807, 2.05) is 25.1 Å². The van der Waals surface area contributed by atoms with Gasteiger partial charge in [-0.05, 0) is 36.8 Å². The van der Waals surface area contributed by atoms with Crippen LogP contribution in [0.1, 0.15) is 21.7 Å². The minimum absolute atomic E-state index is 0.225. The fraction of sp³-hybridized carbons (Fsp3) is 0.111. The number of rotatable bonds is 5. The summed E-state index contributed by atoms with van der Waals surface area (Å²) in [4.78, 5) is 24.9. The van der Waals surface area contributed by atoms with Crippen molar-refractivity contribution < 1.29 is 4.79 Å². The normalized spacial score (nSPS) is 10.3. The lowest BCUT2D eigenvalue weighted by Crippen LogP contribution is -2.15. The van der Waals surface area contributed by atoms with Crippen molar-refractivity contribution in [3.63, 3.8) is 0 Å². The first-order valence-corrected chi connectivity index (χ1v) is 8.03. The monoisotopic (exact) mass is 353 g/mol. The number of nitrogens with zero attached hydrogens (tertiary/aromatic N) is 3. The number of hydrogen-bond acceptors (Lipinski definition) is 5. The first-order valence-electron chi connectivity index (χ1n) is 7.66. The lowest BCUT2D eigenvalue weighted by Gasteiger charge is -2.09. The minimum atomic E-state index is -0.339. The summed E-state index contributed by atoms with van der Waals surface area (Å²) in [6, 6.07) is 11.0. The Balaban J connectivity index is 1.63. The van der Waals surface area contributed by atoms with Crippen LogP contribution in [0, 0.1) is 6.92 Å². The Kier molecular flexibility index (Phi) is 5.20. The molecule has 2 aromatic heterocycles. The van der Waals surface area contributed by atoms with Crippen molar-refractivity contribution in [2.45, 2.75) is 13.5 Å². The van der Waals surface area contributed by atoms with Crippen molar-refractivity contribution in [1.29, 1.82) is 0 Å². The molecule has 0 radical (unpaired) electrons. The smallest absolute Gasteiger partial charge is 0.275 e. The molecule has 0 atom stereocenters. The average Bonchev–Trinajstić information content (AvgIpc) is 2.65. The van der Waals surface area contributed by atoms with Crippen molar-refractivity contribution in [2.75, 3.05) is 10.6 Å². The maximum Gasteiger partial charge on any atom is 0.275 e. The fourth-order valence-corrected chi connectivity index (χ4v) is 2.32. The number of anilines is 2. The molecule has 0 spiro atoms. The molecule has 2 heterocycles. The molecule has 3 rings (SSSR count). The Bertz CT molecular complexity index is 868. The molecule has 25 heavy (non-hydrogen) atoms. The SMILES string of the molecule is Cc1c(Cl)cccc1NC(=O)c1cnc(NCc2ccccn2)cn1. The Morgan fingerprint density at radius 3 is 2.68 bits per heavy atom. The number of hydrogen-bond donors (Lipinski definition) is 2. The van der Waals surface area contributed by atoms with Crippen LogP contribution in [0.5, 0.6) is 0 Å². The number of benzene rings is 1. The van der Waals surface area contributed by atoms with Crippen molar-refractivity contribution in [2.24, 2.45) is 0 Å².